The predicted molar refractivity (Wildman–Crippen MR) is 104 cm³/mol. The second-order valence-electron chi connectivity index (χ2n) is 8.50. The van der Waals surface area contributed by atoms with Gasteiger partial charge in [0.1, 0.15) is 11.6 Å². The van der Waals surface area contributed by atoms with E-state index < -0.39 is 47.9 Å². The third-order valence-corrected chi connectivity index (χ3v) is 5.58. The zero-order valence-electron chi connectivity index (χ0n) is 16.4. The van der Waals surface area contributed by atoms with Crippen LogP contribution in [0.25, 0.3) is 11.1 Å². The minimum Gasteiger partial charge on any atom is -0.368 e. The highest BCUT2D eigenvalue weighted by Crippen LogP contribution is 2.39. The first kappa shape index (κ1) is 20.6. The molecule has 160 valence electrons. The molecule has 1 saturated carbocycles. The van der Waals surface area contributed by atoms with Crippen molar-refractivity contribution in [3.05, 3.63) is 47.8 Å². The summed E-state index contributed by atoms with van der Waals surface area (Å²) in [6, 6.07) is 2.45. The summed E-state index contributed by atoms with van der Waals surface area (Å²) in [6.07, 6.45) is 2.60. The number of halogens is 4. The van der Waals surface area contributed by atoms with Gasteiger partial charge in [-0.1, -0.05) is 0 Å². The van der Waals surface area contributed by atoms with Crippen molar-refractivity contribution >= 4 is 11.6 Å². The van der Waals surface area contributed by atoms with Crippen LogP contribution in [0.3, 0.4) is 0 Å². The SMILES string of the molecule is C[C@]1(N)CCN(c2c(C(=O)NC3CC(F)(F)C3)cncc2-c2cc(F)cc(F)c2)C1. The van der Waals surface area contributed by atoms with E-state index in [1.54, 1.807) is 0 Å². The summed E-state index contributed by atoms with van der Waals surface area (Å²) in [5.41, 5.74) is 6.94. The van der Waals surface area contributed by atoms with Crippen LogP contribution in [0.1, 0.15) is 36.5 Å². The van der Waals surface area contributed by atoms with Gasteiger partial charge in [-0.15, -0.1) is 0 Å². The first-order valence-corrected chi connectivity index (χ1v) is 9.70. The zero-order chi connectivity index (χ0) is 21.7. The van der Waals surface area contributed by atoms with Crippen LogP contribution in [0.4, 0.5) is 23.2 Å². The molecule has 0 bridgehead atoms. The number of rotatable bonds is 4. The molecule has 2 heterocycles. The number of nitrogens with zero attached hydrogens (tertiary/aromatic N) is 2. The number of pyridine rings is 1. The van der Waals surface area contributed by atoms with Gasteiger partial charge in [-0.3, -0.25) is 9.78 Å². The molecule has 1 amide bonds. The summed E-state index contributed by atoms with van der Waals surface area (Å²) < 4.78 is 54.0. The minimum atomic E-state index is -2.77. The molecule has 0 radical (unpaired) electrons. The summed E-state index contributed by atoms with van der Waals surface area (Å²) in [4.78, 5) is 18.9. The molecule has 1 aliphatic heterocycles. The van der Waals surface area contributed by atoms with Crippen LogP contribution in [0.15, 0.2) is 30.6 Å². The fraction of sp³-hybridized carbons (Fsp3) is 0.429. The Bertz CT molecular complexity index is 967. The number of nitrogens with one attached hydrogen (secondary N) is 1. The molecule has 2 aliphatic rings. The molecule has 4 rings (SSSR count). The van der Waals surface area contributed by atoms with Gasteiger partial charge in [-0.05, 0) is 31.0 Å². The second-order valence-corrected chi connectivity index (χ2v) is 8.50. The first-order chi connectivity index (χ1) is 14.0. The number of alkyl halides is 2. The third-order valence-electron chi connectivity index (χ3n) is 5.58. The number of carbonyl (C=O) groups is 1. The molecule has 1 aliphatic carbocycles. The molecular weight excluding hydrogens is 400 g/mol. The molecule has 0 unspecified atom stereocenters. The van der Waals surface area contributed by atoms with Gasteiger partial charge in [0.2, 0.25) is 0 Å². The van der Waals surface area contributed by atoms with Gasteiger partial charge in [0.25, 0.3) is 11.8 Å². The lowest BCUT2D eigenvalue weighted by atomic mass is 9.88. The van der Waals surface area contributed by atoms with Gasteiger partial charge >= 0.3 is 0 Å². The third kappa shape index (κ3) is 4.12. The number of benzene rings is 1. The van der Waals surface area contributed by atoms with E-state index in [4.69, 9.17) is 5.73 Å². The van der Waals surface area contributed by atoms with Crippen LogP contribution in [-0.4, -0.2) is 41.5 Å². The maximum absolute atomic E-state index is 13.9. The minimum absolute atomic E-state index is 0.157. The molecule has 1 aromatic heterocycles. The molecule has 1 atom stereocenters. The molecule has 0 spiro atoms. The Hall–Kier alpha value is -2.68. The quantitative estimate of drug-likeness (QED) is 0.741. The van der Waals surface area contributed by atoms with E-state index in [1.165, 1.54) is 12.4 Å². The Morgan fingerprint density at radius 2 is 1.87 bits per heavy atom. The van der Waals surface area contributed by atoms with Crippen LogP contribution >= 0.6 is 0 Å². The number of nitrogens with two attached hydrogens (primary N) is 1. The summed E-state index contributed by atoms with van der Waals surface area (Å²) in [5, 5.41) is 2.61. The molecule has 3 N–H and O–H groups in total. The highest BCUT2D eigenvalue weighted by molar-refractivity contribution is 6.03. The molecule has 2 fully saturated rings. The Morgan fingerprint density at radius 1 is 1.20 bits per heavy atom. The summed E-state index contributed by atoms with van der Waals surface area (Å²) in [6.45, 7) is 2.83. The molecule has 9 heteroatoms. The summed E-state index contributed by atoms with van der Waals surface area (Å²) in [7, 11) is 0. The number of anilines is 1. The first-order valence-electron chi connectivity index (χ1n) is 9.70. The second kappa shape index (κ2) is 7.23. The maximum atomic E-state index is 13.9. The van der Waals surface area contributed by atoms with Crippen molar-refractivity contribution in [1.82, 2.24) is 10.3 Å². The van der Waals surface area contributed by atoms with Gasteiger partial charge < -0.3 is 16.0 Å². The van der Waals surface area contributed by atoms with Crippen molar-refractivity contribution in [2.24, 2.45) is 5.73 Å². The molecular formula is C21H22F4N4O. The van der Waals surface area contributed by atoms with Gasteiger partial charge in [-0.2, -0.15) is 0 Å². The van der Waals surface area contributed by atoms with Crippen LogP contribution in [0.2, 0.25) is 0 Å². The maximum Gasteiger partial charge on any atom is 0.255 e. The molecule has 2 aromatic rings. The number of hydrogen-bond acceptors (Lipinski definition) is 4. The highest BCUT2D eigenvalue weighted by Gasteiger charge is 2.46. The van der Waals surface area contributed by atoms with Crippen LogP contribution < -0.4 is 16.0 Å². The zero-order valence-corrected chi connectivity index (χ0v) is 16.4. The van der Waals surface area contributed by atoms with E-state index in [0.29, 0.717) is 30.8 Å². The Kier molecular flexibility index (Phi) is 4.96. The van der Waals surface area contributed by atoms with E-state index in [1.807, 2.05) is 11.8 Å². The van der Waals surface area contributed by atoms with Crippen molar-refractivity contribution in [2.45, 2.75) is 43.7 Å². The standard InChI is InChI=1S/C21H22F4N4O/c1-20(26)2-3-29(11-20)18-16(12-4-13(22)6-14(23)5-12)9-27-10-17(18)19(30)28-15-7-21(24,25)8-15/h4-6,9-10,15H,2-3,7-8,11,26H2,1H3,(H,28,30)/t20-/m0/s1. The largest absolute Gasteiger partial charge is 0.368 e. The Morgan fingerprint density at radius 3 is 2.43 bits per heavy atom. The van der Waals surface area contributed by atoms with Crippen LogP contribution in [0, 0.1) is 11.6 Å². The average molecular weight is 422 g/mol. The topological polar surface area (TPSA) is 71.2 Å². The van der Waals surface area contributed by atoms with Gasteiger partial charge in [0.15, 0.2) is 0 Å². The summed E-state index contributed by atoms with van der Waals surface area (Å²) in [5.74, 6) is -4.83. The highest BCUT2D eigenvalue weighted by atomic mass is 19.3. The van der Waals surface area contributed by atoms with Gasteiger partial charge in [0.05, 0.1) is 11.3 Å². The van der Waals surface area contributed by atoms with Gasteiger partial charge in [-0.25, -0.2) is 17.6 Å². The lowest BCUT2D eigenvalue weighted by Crippen LogP contribution is -2.50. The molecule has 5 nitrogen and oxygen atoms in total. The van der Waals surface area contributed by atoms with E-state index in [-0.39, 0.29) is 11.1 Å². The molecule has 1 aromatic carbocycles. The number of hydrogen-bond donors (Lipinski definition) is 2. The fourth-order valence-corrected chi connectivity index (χ4v) is 4.08. The van der Waals surface area contributed by atoms with E-state index in [2.05, 4.69) is 10.3 Å². The van der Waals surface area contributed by atoms with Crippen LogP contribution in [0.5, 0.6) is 0 Å². The van der Waals surface area contributed by atoms with E-state index in [0.717, 1.165) is 18.2 Å². The lowest BCUT2D eigenvalue weighted by molar-refractivity contribution is -0.0901. The predicted octanol–water partition coefficient (Wildman–Crippen LogP) is 3.48. The van der Waals surface area contributed by atoms with Crippen LogP contribution in [-0.2, 0) is 0 Å². The number of carbonyl (C=O) groups excluding carboxylic acids is 1. The Balaban J connectivity index is 1.75. The van der Waals surface area contributed by atoms with Crippen molar-refractivity contribution in [1.29, 1.82) is 0 Å². The Labute approximate surface area is 171 Å². The van der Waals surface area contributed by atoms with Crippen molar-refractivity contribution in [3.63, 3.8) is 0 Å². The molecule has 1 saturated heterocycles. The van der Waals surface area contributed by atoms with Crippen molar-refractivity contribution < 1.29 is 22.4 Å². The average Bonchev–Trinajstić information content (AvgIpc) is 2.98. The van der Waals surface area contributed by atoms with Gasteiger partial charge in [0, 0.05) is 61.5 Å². The smallest absolute Gasteiger partial charge is 0.255 e. The normalized spacial score (nSPS) is 23.3. The fourth-order valence-electron chi connectivity index (χ4n) is 4.08. The number of aromatic nitrogens is 1. The van der Waals surface area contributed by atoms with Crippen molar-refractivity contribution in [3.8, 4) is 11.1 Å². The monoisotopic (exact) mass is 422 g/mol. The molecule has 30 heavy (non-hydrogen) atoms. The van der Waals surface area contributed by atoms with E-state index >= 15 is 0 Å². The summed E-state index contributed by atoms with van der Waals surface area (Å²) >= 11 is 0. The van der Waals surface area contributed by atoms with Crippen molar-refractivity contribution in [2.75, 3.05) is 18.0 Å². The lowest BCUT2D eigenvalue weighted by Gasteiger charge is -2.35. The number of amides is 1. The van der Waals surface area contributed by atoms with E-state index in [9.17, 15) is 22.4 Å².